The van der Waals surface area contributed by atoms with Gasteiger partial charge in [0.25, 0.3) is 0 Å². The van der Waals surface area contributed by atoms with Crippen molar-refractivity contribution in [2.45, 2.75) is 6.92 Å². The Balaban J connectivity index is 3.25. The van der Waals surface area contributed by atoms with Crippen LogP contribution in [0.15, 0.2) is 12.1 Å². The molecule has 0 aliphatic rings. The largest absolute Gasteiger partial charge is 0.206 e. The van der Waals surface area contributed by atoms with Gasteiger partial charge in [-0.25, -0.2) is 4.39 Å². The number of aryl methyl sites for hydroxylation is 1. The zero-order chi connectivity index (χ0) is 9.84. The first-order valence-electron chi connectivity index (χ1n) is 3.51. The number of hydrogen-bond donors (Lipinski definition) is 0. The molecule has 0 aliphatic carbocycles. The second-order valence-corrected chi connectivity index (χ2v) is 2.85. The highest BCUT2D eigenvalue weighted by molar-refractivity contribution is 6.31. The number of benzene rings is 1. The molecule has 0 atom stereocenters. The lowest BCUT2D eigenvalue weighted by atomic mass is 10.1. The molecule has 13 heavy (non-hydrogen) atoms. The number of rotatable bonds is 0. The summed E-state index contributed by atoms with van der Waals surface area (Å²) in [4.78, 5) is 0. The fraction of sp³-hybridized carbons (Fsp3) is 0.100. The van der Waals surface area contributed by atoms with Gasteiger partial charge >= 0.3 is 0 Å². The van der Waals surface area contributed by atoms with Crippen molar-refractivity contribution in [2.75, 3.05) is 0 Å². The molecule has 3 heteroatoms. The number of halogens is 2. The topological polar surface area (TPSA) is 23.8 Å². The van der Waals surface area contributed by atoms with E-state index < -0.39 is 5.82 Å². The summed E-state index contributed by atoms with van der Waals surface area (Å²) < 4.78 is 13.1. The maximum absolute atomic E-state index is 13.1. The molecule has 0 radical (unpaired) electrons. The molecule has 0 spiro atoms. The molecule has 0 N–H and O–H groups in total. The van der Waals surface area contributed by atoms with E-state index in [4.69, 9.17) is 16.9 Å². The lowest BCUT2D eigenvalue weighted by molar-refractivity contribution is 0.624. The van der Waals surface area contributed by atoms with E-state index in [9.17, 15) is 4.39 Å². The summed E-state index contributed by atoms with van der Waals surface area (Å²) in [5, 5.41) is 8.53. The number of hydrogen-bond acceptors (Lipinski definition) is 1. The van der Waals surface area contributed by atoms with E-state index >= 15 is 0 Å². The van der Waals surface area contributed by atoms with Crippen molar-refractivity contribution in [3.8, 4) is 17.9 Å². The van der Waals surface area contributed by atoms with Crippen molar-refractivity contribution < 1.29 is 4.39 Å². The second-order valence-electron chi connectivity index (χ2n) is 2.44. The van der Waals surface area contributed by atoms with Crippen LogP contribution in [0.1, 0.15) is 11.1 Å². The maximum Gasteiger partial charge on any atom is 0.152 e. The minimum Gasteiger partial charge on any atom is -0.206 e. The SMILES string of the molecule is Cc1cc(C#CC#N)c(F)cc1Cl. The number of nitriles is 1. The molecule has 0 saturated heterocycles. The average Bonchev–Trinajstić information content (AvgIpc) is 2.09. The van der Waals surface area contributed by atoms with Crippen molar-refractivity contribution in [2.24, 2.45) is 0 Å². The minimum atomic E-state index is -0.502. The Morgan fingerprint density at radius 3 is 2.77 bits per heavy atom. The molecule has 0 aromatic heterocycles. The highest BCUT2D eigenvalue weighted by Crippen LogP contribution is 2.19. The predicted octanol–water partition coefficient (Wildman–Crippen LogP) is 2.66. The standard InChI is InChI=1S/C10H5ClFN/c1-7-5-8(3-2-4-13)10(12)6-9(7)11/h5-6H,1H3. The summed E-state index contributed by atoms with van der Waals surface area (Å²) >= 11 is 5.67. The molecule has 0 aliphatic heterocycles. The normalized spacial score (nSPS) is 8.46. The van der Waals surface area contributed by atoms with E-state index in [1.165, 1.54) is 12.1 Å². The minimum absolute atomic E-state index is 0.198. The summed E-state index contributed by atoms with van der Waals surface area (Å²) in [6.45, 7) is 1.75. The summed E-state index contributed by atoms with van der Waals surface area (Å²) in [6, 6.07) is 4.33. The summed E-state index contributed by atoms with van der Waals surface area (Å²) in [6.07, 6.45) is 0. The van der Waals surface area contributed by atoms with Gasteiger partial charge in [-0.3, -0.25) is 0 Å². The van der Waals surface area contributed by atoms with Gasteiger partial charge in [0, 0.05) is 10.9 Å². The first-order valence-corrected chi connectivity index (χ1v) is 3.88. The van der Waals surface area contributed by atoms with Gasteiger partial charge in [0.15, 0.2) is 6.07 Å². The van der Waals surface area contributed by atoms with Gasteiger partial charge in [-0.05, 0) is 30.5 Å². The monoisotopic (exact) mass is 193 g/mol. The molecule has 0 unspecified atom stereocenters. The van der Waals surface area contributed by atoms with Crippen LogP contribution in [0.25, 0.3) is 0 Å². The van der Waals surface area contributed by atoms with E-state index in [1.807, 2.05) is 0 Å². The third-order valence-electron chi connectivity index (χ3n) is 1.50. The van der Waals surface area contributed by atoms with Gasteiger partial charge in [0.1, 0.15) is 5.82 Å². The van der Waals surface area contributed by atoms with Crippen LogP contribution in [0.5, 0.6) is 0 Å². The quantitative estimate of drug-likeness (QED) is 0.581. The molecule has 1 rings (SSSR count). The Bertz CT molecular complexity index is 435. The van der Waals surface area contributed by atoms with Crippen LogP contribution < -0.4 is 0 Å². The highest BCUT2D eigenvalue weighted by atomic mass is 35.5. The van der Waals surface area contributed by atoms with E-state index in [2.05, 4.69) is 11.8 Å². The Morgan fingerprint density at radius 2 is 2.15 bits per heavy atom. The lowest BCUT2D eigenvalue weighted by Gasteiger charge is -1.99. The summed E-state index contributed by atoms with van der Waals surface area (Å²) in [5.74, 6) is 4.01. The lowest BCUT2D eigenvalue weighted by Crippen LogP contribution is -1.86. The second kappa shape index (κ2) is 3.94. The van der Waals surface area contributed by atoms with Crippen LogP contribution in [0.3, 0.4) is 0 Å². The molecule has 0 bridgehead atoms. The van der Waals surface area contributed by atoms with Crippen LogP contribution in [-0.2, 0) is 0 Å². The molecule has 0 amide bonds. The van der Waals surface area contributed by atoms with E-state index in [-0.39, 0.29) is 5.56 Å². The first kappa shape index (κ1) is 9.58. The molecule has 0 heterocycles. The molecule has 1 aromatic carbocycles. The van der Waals surface area contributed by atoms with Gasteiger partial charge in [-0.2, -0.15) is 5.26 Å². The van der Waals surface area contributed by atoms with E-state index in [0.717, 1.165) is 5.56 Å². The van der Waals surface area contributed by atoms with Gasteiger partial charge in [-0.1, -0.05) is 11.6 Å². The fourth-order valence-corrected chi connectivity index (χ4v) is 0.999. The zero-order valence-corrected chi connectivity index (χ0v) is 7.61. The van der Waals surface area contributed by atoms with Crippen LogP contribution in [0, 0.1) is 35.9 Å². The molecule has 0 fully saturated rings. The van der Waals surface area contributed by atoms with Crippen LogP contribution in [-0.4, -0.2) is 0 Å². The molecule has 0 saturated carbocycles. The van der Waals surface area contributed by atoms with Crippen LogP contribution >= 0.6 is 11.6 Å². The first-order chi connectivity index (χ1) is 6.15. The smallest absolute Gasteiger partial charge is 0.152 e. The Kier molecular flexibility index (Phi) is 2.90. The van der Waals surface area contributed by atoms with Crippen molar-refractivity contribution in [3.05, 3.63) is 34.1 Å². The molecule has 64 valence electrons. The predicted molar refractivity (Wildman–Crippen MR) is 48.6 cm³/mol. The molecular weight excluding hydrogens is 189 g/mol. The summed E-state index contributed by atoms with van der Waals surface area (Å²) in [7, 11) is 0. The zero-order valence-electron chi connectivity index (χ0n) is 6.86. The van der Waals surface area contributed by atoms with E-state index in [1.54, 1.807) is 13.0 Å². The average molecular weight is 194 g/mol. The summed E-state index contributed by atoms with van der Waals surface area (Å²) in [5.41, 5.74) is 0.939. The molecular formula is C10H5ClFN. The van der Waals surface area contributed by atoms with Crippen LogP contribution in [0.2, 0.25) is 5.02 Å². The maximum atomic E-state index is 13.1. The van der Waals surface area contributed by atoms with Gasteiger partial charge in [-0.15, -0.1) is 0 Å². The van der Waals surface area contributed by atoms with Crippen molar-refractivity contribution in [3.63, 3.8) is 0 Å². The molecule has 1 aromatic rings. The van der Waals surface area contributed by atoms with Crippen molar-refractivity contribution >= 4 is 11.6 Å². The van der Waals surface area contributed by atoms with Gasteiger partial charge in [0.05, 0.1) is 5.56 Å². The van der Waals surface area contributed by atoms with Crippen molar-refractivity contribution in [1.82, 2.24) is 0 Å². The Labute approximate surface area is 80.8 Å². The van der Waals surface area contributed by atoms with E-state index in [0.29, 0.717) is 5.02 Å². The Morgan fingerprint density at radius 1 is 1.46 bits per heavy atom. The van der Waals surface area contributed by atoms with Crippen LogP contribution in [0.4, 0.5) is 4.39 Å². The third kappa shape index (κ3) is 2.21. The number of nitrogens with zero attached hydrogens (tertiary/aromatic N) is 1. The van der Waals surface area contributed by atoms with Gasteiger partial charge < -0.3 is 0 Å². The Hall–Kier alpha value is -1.51. The third-order valence-corrected chi connectivity index (χ3v) is 1.91. The molecule has 1 nitrogen and oxygen atoms in total. The fourth-order valence-electron chi connectivity index (χ4n) is 0.848. The van der Waals surface area contributed by atoms with Crippen molar-refractivity contribution in [1.29, 1.82) is 5.26 Å². The van der Waals surface area contributed by atoms with Gasteiger partial charge in [0.2, 0.25) is 0 Å². The highest BCUT2D eigenvalue weighted by Gasteiger charge is 2.03.